The van der Waals surface area contributed by atoms with Crippen LogP contribution in [-0.4, -0.2) is 43.8 Å². The van der Waals surface area contributed by atoms with Gasteiger partial charge >= 0.3 is 0 Å². The molecule has 3 heteroatoms. The number of piperidine rings is 1. The minimum absolute atomic E-state index is 0.423. The standard InChI is InChI=1S/C12H26N2O/c1-4-10(2)9-14-6-5-12(15-3)7-11(14)8-13/h10-12H,4-9,13H2,1-3H3. The topological polar surface area (TPSA) is 38.5 Å². The molecule has 0 aromatic heterocycles. The zero-order valence-corrected chi connectivity index (χ0v) is 10.4. The Labute approximate surface area is 94.0 Å². The van der Waals surface area contributed by atoms with Crippen LogP contribution in [0.3, 0.4) is 0 Å². The summed E-state index contributed by atoms with van der Waals surface area (Å²) in [5, 5.41) is 0. The second-order valence-electron chi connectivity index (χ2n) is 4.78. The van der Waals surface area contributed by atoms with Gasteiger partial charge in [0.2, 0.25) is 0 Å². The van der Waals surface area contributed by atoms with Crippen LogP contribution in [0, 0.1) is 5.92 Å². The quantitative estimate of drug-likeness (QED) is 0.753. The SMILES string of the molecule is CCC(C)CN1CCC(OC)CC1CN. The molecule has 90 valence electrons. The Hall–Kier alpha value is -0.120. The summed E-state index contributed by atoms with van der Waals surface area (Å²) < 4.78 is 5.42. The first-order chi connectivity index (χ1) is 7.21. The van der Waals surface area contributed by atoms with Gasteiger partial charge in [0, 0.05) is 32.8 Å². The zero-order chi connectivity index (χ0) is 11.3. The van der Waals surface area contributed by atoms with Crippen LogP contribution >= 0.6 is 0 Å². The molecule has 1 rings (SSSR count). The molecule has 1 aliphatic heterocycles. The summed E-state index contributed by atoms with van der Waals surface area (Å²) in [5.41, 5.74) is 5.83. The van der Waals surface area contributed by atoms with Crippen LogP contribution in [0.4, 0.5) is 0 Å². The van der Waals surface area contributed by atoms with Gasteiger partial charge < -0.3 is 10.5 Å². The fourth-order valence-electron chi connectivity index (χ4n) is 2.29. The van der Waals surface area contributed by atoms with E-state index < -0.39 is 0 Å². The molecule has 0 radical (unpaired) electrons. The molecule has 0 spiro atoms. The smallest absolute Gasteiger partial charge is 0.0599 e. The normalized spacial score (nSPS) is 30.4. The molecule has 3 atom stereocenters. The summed E-state index contributed by atoms with van der Waals surface area (Å²) in [6.45, 7) is 7.66. The van der Waals surface area contributed by atoms with E-state index in [2.05, 4.69) is 18.7 Å². The average molecular weight is 214 g/mol. The van der Waals surface area contributed by atoms with E-state index in [1.54, 1.807) is 0 Å². The maximum Gasteiger partial charge on any atom is 0.0599 e. The molecular formula is C12H26N2O. The van der Waals surface area contributed by atoms with Crippen molar-refractivity contribution in [2.75, 3.05) is 26.7 Å². The third-order valence-electron chi connectivity index (χ3n) is 3.64. The van der Waals surface area contributed by atoms with Gasteiger partial charge in [0.05, 0.1) is 6.10 Å². The van der Waals surface area contributed by atoms with Crippen LogP contribution in [0.25, 0.3) is 0 Å². The molecule has 3 unspecified atom stereocenters. The van der Waals surface area contributed by atoms with Gasteiger partial charge in [0.1, 0.15) is 0 Å². The number of hydrogen-bond donors (Lipinski definition) is 1. The highest BCUT2D eigenvalue weighted by atomic mass is 16.5. The summed E-state index contributed by atoms with van der Waals surface area (Å²) in [6, 6.07) is 0.526. The predicted octanol–water partition coefficient (Wildman–Crippen LogP) is 1.47. The maximum absolute atomic E-state index is 5.83. The van der Waals surface area contributed by atoms with E-state index in [9.17, 15) is 0 Å². The van der Waals surface area contributed by atoms with Crippen molar-refractivity contribution in [1.82, 2.24) is 4.90 Å². The van der Waals surface area contributed by atoms with Gasteiger partial charge in [-0.2, -0.15) is 0 Å². The summed E-state index contributed by atoms with van der Waals surface area (Å²) in [5.74, 6) is 0.776. The molecule has 3 nitrogen and oxygen atoms in total. The summed E-state index contributed by atoms with van der Waals surface area (Å²) >= 11 is 0. The maximum atomic E-state index is 5.83. The Morgan fingerprint density at radius 1 is 1.53 bits per heavy atom. The molecule has 15 heavy (non-hydrogen) atoms. The van der Waals surface area contributed by atoms with Gasteiger partial charge in [-0.05, 0) is 18.8 Å². The van der Waals surface area contributed by atoms with E-state index in [-0.39, 0.29) is 0 Å². The minimum atomic E-state index is 0.423. The molecular weight excluding hydrogens is 188 g/mol. The molecule has 0 saturated carbocycles. The number of hydrogen-bond acceptors (Lipinski definition) is 3. The van der Waals surface area contributed by atoms with E-state index >= 15 is 0 Å². The van der Waals surface area contributed by atoms with Gasteiger partial charge in [-0.1, -0.05) is 20.3 Å². The molecule has 1 saturated heterocycles. The predicted molar refractivity (Wildman–Crippen MR) is 63.9 cm³/mol. The lowest BCUT2D eigenvalue weighted by Gasteiger charge is -2.39. The fourth-order valence-corrected chi connectivity index (χ4v) is 2.29. The Morgan fingerprint density at radius 3 is 2.80 bits per heavy atom. The van der Waals surface area contributed by atoms with Crippen LogP contribution in [0.5, 0.6) is 0 Å². The van der Waals surface area contributed by atoms with Crippen molar-refractivity contribution in [3.05, 3.63) is 0 Å². The van der Waals surface area contributed by atoms with Gasteiger partial charge in [-0.15, -0.1) is 0 Å². The first-order valence-electron chi connectivity index (χ1n) is 6.18. The third-order valence-corrected chi connectivity index (χ3v) is 3.64. The van der Waals surface area contributed by atoms with E-state index in [0.29, 0.717) is 12.1 Å². The number of methoxy groups -OCH3 is 1. The largest absolute Gasteiger partial charge is 0.381 e. The van der Waals surface area contributed by atoms with Crippen molar-refractivity contribution in [1.29, 1.82) is 0 Å². The number of rotatable bonds is 5. The van der Waals surface area contributed by atoms with Crippen molar-refractivity contribution in [2.24, 2.45) is 11.7 Å². The van der Waals surface area contributed by atoms with Crippen molar-refractivity contribution in [2.45, 2.75) is 45.3 Å². The molecule has 1 fully saturated rings. The Balaban J connectivity index is 2.43. The average Bonchev–Trinajstić information content (AvgIpc) is 2.29. The lowest BCUT2D eigenvalue weighted by Crippen LogP contribution is -2.49. The Kier molecular flexibility index (Phi) is 5.58. The van der Waals surface area contributed by atoms with Gasteiger partial charge in [0.15, 0.2) is 0 Å². The number of likely N-dealkylation sites (tertiary alicyclic amines) is 1. The number of nitrogens with zero attached hydrogens (tertiary/aromatic N) is 1. The molecule has 0 bridgehead atoms. The van der Waals surface area contributed by atoms with Gasteiger partial charge in [0.25, 0.3) is 0 Å². The van der Waals surface area contributed by atoms with Crippen molar-refractivity contribution in [3.63, 3.8) is 0 Å². The molecule has 1 aliphatic rings. The molecule has 0 aromatic carbocycles. The first-order valence-corrected chi connectivity index (χ1v) is 6.18. The Morgan fingerprint density at radius 2 is 2.27 bits per heavy atom. The summed E-state index contributed by atoms with van der Waals surface area (Å²) in [4.78, 5) is 2.55. The van der Waals surface area contributed by atoms with Crippen LogP contribution in [0.2, 0.25) is 0 Å². The first kappa shape index (κ1) is 12.9. The van der Waals surface area contributed by atoms with Crippen LogP contribution in [-0.2, 0) is 4.74 Å². The monoisotopic (exact) mass is 214 g/mol. The van der Waals surface area contributed by atoms with Gasteiger partial charge in [-0.3, -0.25) is 4.90 Å². The third kappa shape index (κ3) is 3.74. The van der Waals surface area contributed by atoms with Crippen LogP contribution in [0.15, 0.2) is 0 Å². The molecule has 2 N–H and O–H groups in total. The minimum Gasteiger partial charge on any atom is -0.381 e. The van der Waals surface area contributed by atoms with Crippen molar-refractivity contribution >= 4 is 0 Å². The van der Waals surface area contributed by atoms with Crippen LogP contribution in [0.1, 0.15) is 33.1 Å². The van der Waals surface area contributed by atoms with Crippen molar-refractivity contribution < 1.29 is 4.74 Å². The molecule has 0 aromatic rings. The van der Waals surface area contributed by atoms with Crippen molar-refractivity contribution in [3.8, 4) is 0 Å². The van der Waals surface area contributed by atoms with E-state index in [1.807, 2.05) is 7.11 Å². The molecule has 0 amide bonds. The van der Waals surface area contributed by atoms with Gasteiger partial charge in [-0.25, -0.2) is 0 Å². The highest BCUT2D eigenvalue weighted by Crippen LogP contribution is 2.20. The number of nitrogens with two attached hydrogens (primary N) is 1. The summed E-state index contributed by atoms with van der Waals surface area (Å²) in [7, 11) is 1.81. The second kappa shape index (κ2) is 6.46. The van der Waals surface area contributed by atoms with E-state index in [0.717, 1.165) is 31.8 Å². The molecule has 0 aliphatic carbocycles. The van der Waals surface area contributed by atoms with E-state index in [4.69, 9.17) is 10.5 Å². The fraction of sp³-hybridized carbons (Fsp3) is 1.00. The second-order valence-corrected chi connectivity index (χ2v) is 4.78. The Bertz CT molecular complexity index is 175. The molecule has 1 heterocycles. The van der Waals surface area contributed by atoms with E-state index in [1.165, 1.54) is 13.0 Å². The number of ether oxygens (including phenoxy) is 1. The zero-order valence-electron chi connectivity index (χ0n) is 10.4. The summed E-state index contributed by atoms with van der Waals surface area (Å²) in [6.07, 6.45) is 3.93. The lowest BCUT2D eigenvalue weighted by atomic mass is 9.97. The highest BCUT2D eigenvalue weighted by molar-refractivity contribution is 4.83. The highest BCUT2D eigenvalue weighted by Gasteiger charge is 2.27. The lowest BCUT2D eigenvalue weighted by molar-refractivity contribution is 0.00843. The van der Waals surface area contributed by atoms with Crippen LogP contribution < -0.4 is 5.73 Å².